The minimum Gasteiger partial charge on any atom is -0.386 e. The molecule has 0 aliphatic rings. The van der Waals surface area contributed by atoms with Gasteiger partial charge in [-0.15, -0.1) is 11.3 Å². The van der Waals surface area contributed by atoms with Crippen molar-refractivity contribution in [2.75, 3.05) is 13.7 Å². The lowest BCUT2D eigenvalue weighted by molar-refractivity contribution is 0.0764. The van der Waals surface area contributed by atoms with Crippen molar-refractivity contribution >= 4 is 11.3 Å². The van der Waals surface area contributed by atoms with Crippen LogP contribution < -0.4 is 5.56 Å². The van der Waals surface area contributed by atoms with Crippen LogP contribution in [0.15, 0.2) is 34.4 Å². The second-order valence-corrected chi connectivity index (χ2v) is 6.42. The molecule has 5 heteroatoms. The fourth-order valence-corrected chi connectivity index (χ4v) is 3.03. The molecular weight excluding hydrogens is 286 g/mol. The van der Waals surface area contributed by atoms with Gasteiger partial charge in [-0.3, -0.25) is 4.79 Å². The van der Waals surface area contributed by atoms with E-state index < -0.39 is 5.60 Å². The molecule has 1 N–H and O–H groups in total. The Morgan fingerprint density at radius 1 is 1.33 bits per heavy atom. The second-order valence-electron chi connectivity index (χ2n) is 5.47. The average molecular weight is 307 g/mol. The Balaban J connectivity index is 2.51. The molecule has 4 nitrogen and oxygen atoms in total. The van der Waals surface area contributed by atoms with Crippen molar-refractivity contribution in [3.05, 3.63) is 45.6 Å². The number of rotatable bonds is 6. The molecule has 2 rings (SSSR count). The highest BCUT2D eigenvalue weighted by Crippen LogP contribution is 2.26. The van der Waals surface area contributed by atoms with Crippen LogP contribution in [0.4, 0.5) is 0 Å². The molecular formula is C16H21NO3S. The number of ether oxygens (including phenoxy) is 1. The lowest BCUT2D eigenvalue weighted by Crippen LogP contribution is -2.32. The third-order valence-electron chi connectivity index (χ3n) is 3.34. The van der Waals surface area contributed by atoms with Crippen LogP contribution in [-0.2, 0) is 16.9 Å². The first-order chi connectivity index (χ1) is 9.95. The number of hydrogen-bond donors (Lipinski definition) is 1. The van der Waals surface area contributed by atoms with Gasteiger partial charge in [-0.25, -0.2) is 0 Å². The van der Waals surface area contributed by atoms with E-state index in [1.165, 1.54) is 0 Å². The summed E-state index contributed by atoms with van der Waals surface area (Å²) in [6.07, 6.45) is 0.754. The molecule has 114 valence electrons. The zero-order chi connectivity index (χ0) is 15.5. The lowest BCUT2D eigenvalue weighted by Gasteiger charge is -2.20. The quantitative estimate of drug-likeness (QED) is 0.835. The number of thiophene rings is 1. The molecule has 0 fully saturated rings. The smallest absolute Gasteiger partial charge is 0.257 e. The van der Waals surface area contributed by atoms with Crippen molar-refractivity contribution in [2.24, 2.45) is 0 Å². The Hall–Kier alpha value is -1.43. The normalized spacial score (nSPS) is 11.8. The minimum atomic E-state index is -1.14. The first-order valence-electron chi connectivity index (χ1n) is 6.94. The van der Waals surface area contributed by atoms with Crippen LogP contribution in [0.3, 0.4) is 0 Å². The van der Waals surface area contributed by atoms with Gasteiger partial charge in [-0.2, -0.15) is 0 Å². The Bertz CT molecular complexity index is 639. The molecule has 0 saturated heterocycles. The van der Waals surface area contributed by atoms with Gasteiger partial charge in [0.25, 0.3) is 5.56 Å². The maximum Gasteiger partial charge on any atom is 0.257 e. The highest BCUT2D eigenvalue weighted by atomic mass is 32.1. The van der Waals surface area contributed by atoms with Crippen LogP contribution in [0.5, 0.6) is 0 Å². The number of aliphatic hydroxyl groups is 1. The molecule has 0 aromatic carbocycles. The van der Waals surface area contributed by atoms with Crippen molar-refractivity contribution in [3.8, 4) is 10.6 Å². The number of aromatic nitrogens is 1. The fraction of sp³-hybridized carbons (Fsp3) is 0.438. The third-order valence-corrected chi connectivity index (χ3v) is 4.23. The van der Waals surface area contributed by atoms with Gasteiger partial charge in [-0.1, -0.05) is 6.07 Å². The summed E-state index contributed by atoms with van der Waals surface area (Å²) in [4.78, 5) is 13.7. The molecule has 21 heavy (non-hydrogen) atoms. The summed E-state index contributed by atoms with van der Waals surface area (Å²) in [6.45, 7) is 4.44. The van der Waals surface area contributed by atoms with Gasteiger partial charge in [0.1, 0.15) is 0 Å². The summed E-state index contributed by atoms with van der Waals surface area (Å²) in [6, 6.07) is 7.60. The Morgan fingerprint density at radius 2 is 2.10 bits per heavy atom. The second kappa shape index (κ2) is 6.56. The molecule has 0 bridgehead atoms. The van der Waals surface area contributed by atoms with Gasteiger partial charge in [-0.05, 0) is 43.8 Å². The van der Waals surface area contributed by atoms with Crippen molar-refractivity contribution in [2.45, 2.75) is 32.4 Å². The first-order valence-corrected chi connectivity index (χ1v) is 7.82. The summed E-state index contributed by atoms with van der Waals surface area (Å²) in [5.41, 5.74) is 0.0254. The zero-order valence-corrected chi connectivity index (χ0v) is 13.4. The summed E-state index contributed by atoms with van der Waals surface area (Å²) >= 11 is 1.60. The largest absolute Gasteiger partial charge is 0.386 e. The van der Waals surface area contributed by atoms with Crippen molar-refractivity contribution in [3.63, 3.8) is 0 Å². The molecule has 2 aromatic rings. The van der Waals surface area contributed by atoms with E-state index in [9.17, 15) is 9.90 Å². The molecule has 0 aliphatic heterocycles. The van der Waals surface area contributed by atoms with Crippen LogP contribution in [0.2, 0.25) is 0 Å². The van der Waals surface area contributed by atoms with Gasteiger partial charge in [0.2, 0.25) is 0 Å². The summed E-state index contributed by atoms with van der Waals surface area (Å²) in [5.74, 6) is 0. The Morgan fingerprint density at radius 3 is 2.67 bits per heavy atom. The molecule has 0 amide bonds. The van der Waals surface area contributed by atoms with E-state index in [0.717, 1.165) is 17.0 Å². The highest BCUT2D eigenvalue weighted by molar-refractivity contribution is 7.13. The zero-order valence-electron chi connectivity index (χ0n) is 12.6. The van der Waals surface area contributed by atoms with Crippen LogP contribution >= 0.6 is 11.3 Å². The first kappa shape index (κ1) is 15.9. The maximum atomic E-state index is 12.7. The van der Waals surface area contributed by atoms with Crippen LogP contribution in [0.1, 0.15) is 25.8 Å². The third kappa shape index (κ3) is 3.61. The van der Waals surface area contributed by atoms with Gasteiger partial charge in [0, 0.05) is 25.8 Å². The summed E-state index contributed by atoms with van der Waals surface area (Å²) in [7, 11) is 1.65. The predicted molar refractivity (Wildman–Crippen MR) is 85.8 cm³/mol. The topological polar surface area (TPSA) is 51.5 Å². The Labute approximate surface area is 128 Å². The Kier molecular flexibility index (Phi) is 4.98. The molecule has 0 atom stereocenters. The van der Waals surface area contributed by atoms with Crippen molar-refractivity contribution in [1.29, 1.82) is 0 Å². The van der Waals surface area contributed by atoms with Crippen molar-refractivity contribution < 1.29 is 9.84 Å². The number of nitrogens with zero attached hydrogens (tertiary/aromatic N) is 1. The molecule has 0 saturated carbocycles. The van der Waals surface area contributed by atoms with Crippen LogP contribution in [0.25, 0.3) is 10.6 Å². The van der Waals surface area contributed by atoms with E-state index in [1.807, 2.05) is 23.6 Å². The van der Waals surface area contributed by atoms with Crippen LogP contribution in [-0.4, -0.2) is 23.4 Å². The minimum absolute atomic E-state index is 0.135. The van der Waals surface area contributed by atoms with E-state index in [2.05, 4.69) is 0 Å². The molecule has 0 unspecified atom stereocenters. The van der Waals surface area contributed by atoms with Gasteiger partial charge >= 0.3 is 0 Å². The summed E-state index contributed by atoms with van der Waals surface area (Å²) < 4.78 is 6.80. The summed E-state index contributed by atoms with van der Waals surface area (Å²) in [5, 5.41) is 12.1. The van der Waals surface area contributed by atoms with Gasteiger partial charge < -0.3 is 14.4 Å². The average Bonchev–Trinajstić information content (AvgIpc) is 2.93. The predicted octanol–water partition coefficient (Wildman–Crippen LogP) is 2.84. The standard InChI is InChI=1S/C16H21NO3S/c1-16(2,19)12-7-8-13(14-6-4-11-21-14)17(15(12)18)9-5-10-20-3/h4,6-8,11,19H,5,9-10H2,1-3H3. The fourth-order valence-electron chi connectivity index (χ4n) is 2.27. The monoisotopic (exact) mass is 307 g/mol. The van der Waals surface area contributed by atoms with Gasteiger partial charge in [0.15, 0.2) is 0 Å². The van der Waals surface area contributed by atoms with E-state index in [4.69, 9.17) is 4.74 Å². The highest BCUT2D eigenvalue weighted by Gasteiger charge is 2.22. The van der Waals surface area contributed by atoms with E-state index in [0.29, 0.717) is 18.7 Å². The van der Waals surface area contributed by atoms with E-state index in [1.54, 1.807) is 42.9 Å². The SMILES string of the molecule is COCCCn1c(-c2cccs2)ccc(C(C)(C)O)c1=O. The number of pyridine rings is 1. The molecule has 2 aromatic heterocycles. The van der Waals surface area contributed by atoms with E-state index >= 15 is 0 Å². The molecule has 0 radical (unpaired) electrons. The van der Waals surface area contributed by atoms with Gasteiger partial charge in [0.05, 0.1) is 16.2 Å². The molecule has 0 spiro atoms. The van der Waals surface area contributed by atoms with Crippen LogP contribution in [0, 0.1) is 0 Å². The molecule has 2 heterocycles. The molecule has 0 aliphatic carbocycles. The number of methoxy groups -OCH3 is 1. The van der Waals surface area contributed by atoms with E-state index in [-0.39, 0.29) is 5.56 Å². The van der Waals surface area contributed by atoms with Crippen molar-refractivity contribution in [1.82, 2.24) is 4.57 Å². The lowest BCUT2D eigenvalue weighted by atomic mass is 9.99. The maximum absolute atomic E-state index is 12.7. The number of hydrogen-bond acceptors (Lipinski definition) is 4.